The van der Waals surface area contributed by atoms with Gasteiger partial charge in [0.1, 0.15) is 0 Å². The molecule has 1 aliphatic heterocycles. The Morgan fingerprint density at radius 3 is 2.70 bits per heavy atom. The molecule has 10 heavy (non-hydrogen) atoms. The van der Waals surface area contributed by atoms with Crippen molar-refractivity contribution >= 4 is 0 Å². The van der Waals surface area contributed by atoms with Gasteiger partial charge in [0.05, 0.1) is 0 Å². The molecule has 1 heterocycles. The third-order valence-electron chi connectivity index (χ3n) is 2.34. The predicted molar refractivity (Wildman–Crippen MR) is 44.7 cm³/mol. The maximum atomic E-state index is 3.94. The Labute approximate surface area is 63.5 Å². The zero-order valence-electron chi connectivity index (χ0n) is 6.98. The van der Waals surface area contributed by atoms with Gasteiger partial charge in [-0.3, -0.25) is 0 Å². The fourth-order valence-corrected chi connectivity index (χ4v) is 1.49. The zero-order valence-corrected chi connectivity index (χ0v) is 6.98. The topological polar surface area (TPSA) is 12.0 Å². The lowest BCUT2D eigenvalue weighted by atomic mass is 9.86. The van der Waals surface area contributed by atoms with Crippen LogP contribution in [0.1, 0.15) is 26.7 Å². The molecule has 0 aromatic carbocycles. The highest BCUT2D eigenvalue weighted by atomic mass is 14.9. The molecule has 1 aliphatic rings. The van der Waals surface area contributed by atoms with Gasteiger partial charge in [0, 0.05) is 12.2 Å². The number of piperidine rings is 1. The highest BCUT2D eigenvalue weighted by molar-refractivity contribution is 4.97. The Morgan fingerprint density at radius 1 is 1.60 bits per heavy atom. The Balaban J connectivity index is 2.39. The van der Waals surface area contributed by atoms with Crippen LogP contribution in [0.3, 0.4) is 0 Å². The minimum atomic E-state index is 0.818. The molecule has 0 radical (unpaired) electrons. The second kappa shape index (κ2) is 3.09. The Morgan fingerprint density at radius 2 is 2.30 bits per heavy atom. The first-order chi connectivity index (χ1) is 4.70. The molecule has 1 rings (SSSR count). The van der Waals surface area contributed by atoms with E-state index in [1.165, 1.54) is 18.5 Å². The summed E-state index contributed by atoms with van der Waals surface area (Å²) in [6.45, 7) is 9.65. The fraction of sp³-hybridized carbons (Fsp3) is 0.778. The maximum absolute atomic E-state index is 3.94. The number of hydrogen-bond acceptors (Lipinski definition) is 1. The second-order valence-electron chi connectivity index (χ2n) is 3.53. The number of allylic oxidation sites excluding steroid dienone is 1. The van der Waals surface area contributed by atoms with Gasteiger partial charge < -0.3 is 5.32 Å². The van der Waals surface area contributed by atoms with Gasteiger partial charge in [-0.05, 0) is 24.7 Å². The van der Waals surface area contributed by atoms with Gasteiger partial charge in [-0.15, -0.1) is 0 Å². The van der Waals surface area contributed by atoms with Crippen molar-refractivity contribution < 1.29 is 0 Å². The summed E-state index contributed by atoms with van der Waals surface area (Å²) >= 11 is 0. The average molecular weight is 139 g/mol. The molecule has 0 aliphatic carbocycles. The molecular formula is C9H17N. The molecule has 1 saturated heterocycles. The largest absolute Gasteiger partial charge is 0.389 e. The van der Waals surface area contributed by atoms with Crippen molar-refractivity contribution in [2.45, 2.75) is 26.7 Å². The third-order valence-corrected chi connectivity index (χ3v) is 2.34. The summed E-state index contributed by atoms with van der Waals surface area (Å²) in [5.41, 5.74) is 1.23. The SMILES string of the molecule is C=C1C[C@H](C(C)C)CCN1. The molecule has 0 amide bonds. The lowest BCUT2D eigenvalue weighted by Gasteiger charge is -2.27. The van der Waals surface area contributed by atoms with Crippen LogP contribution < -0.4 is 5.32 Å². The average Bonchev–Trinajstić information content (AvgIpc) is 1.88. The minimum Gasteiger partial charge on any atom is -0.389 e. The van der Waals surface area contributed by atoms with E-state index in [1.54, 1.807) is 0 Å². The second-order valence-corrected chi connectivity index (χ2v) is 3.53. The quantitative estimate of drug-likeness (QED) is 0.587. The molecular weight excluding hydrogens is 122 g/mol. The fourth-order valence-electron chi connectivity index (χ4n) is 1.49. The summed E-state index contributed by atoms with van der Waals surface area (Å²) in [6.07, 6.45) is 2.49. The summed E-state index contributed by atoms with van der Waals surface area (Å²) in [5.74, 6) is 1.69. The molecule has 1 atom stereocenters. The van der Waals surface area contributed by atoms with Crippen LogP contribution in [0.2, 0.25) is 0 Å². The molecule has 58 valence electrons. The molecule has 1 N–H and O–H groups in total. The molecule has 0 unspecified atom stereocenters. The van der Waals surface area contributed by atoms with Crippen molar-refractivity contribution in [3.63, 3.8) is 0 Å². The van der Waals surface area contributed by atoms with Gasteiger partial charge in [-0.1, -0.05) is 20.4 Å². The van der Waals surface area contributed by atoms with E-state index in [-0.39, 0.29) is 0 Å². The van der Waals surface area contributed by atoms with E-state index in [4.69, 9.17) is 0 Å². The Hall–Kier alpha value is -0.460. The normalized spacial score (nSPS) is 26.7. The third kappa shape index (κ3) is 1.76. The van der Waals surface area contributed by atoms with Crippen LogP contribution in [0.4, 0.5) is 0 Å². The van der Waals surface area contributed by atoms with Crippen molar-refractivity contribution in [3.05, 3.63) is 12.3 Å². The van der Waals surface area contributed by atoms with E-state index in [9.17, 15) is 0 Å². The zero-order chi connectivity index (χ0) is 7.56. The number of hydrogen-bond donors (Lipinski definition) is 1. The van der Waals surface area contributed by atoms with Gasteiger partial charge in [-0.2, -0.15) is 0 Å². The van der Waals surface area contributed by atoms with Crippen LogP contribution in [0.25, 0.3) is 0 Å². The molecule has 1 fully saturated rings. The summed E-state index contributed by atoms with van der Waals surface area (Å²) in [4.78, 5) is 0. The monoisotopic (exact) mass is 139 g/mol. The highest BCUT2D eigenvalue weighted by Crippen LogP contribution is 2.24. The molecule has 0 bridgehead atoms. The summed E-state index contributed by atoms with van der Waals surface area (Å²) in [5, 5.41) is 3.27. The smallest absolute Gasteiger partial charge is 0.0146 e. The highest BCUT2D eigenvalue weighted by Gasteiger charge is 2.17. The van der Waals surface area contributed by atoms with E-state index >= 15 is 0 Å². The first kappa shape index (κ1) is 7.64. The standard InChI is InChI=1S/C9H17N/c1-7(2)9-4-5-10-8(3)6-9/h7,9-10H,3-6H2,1-2H3/t9-/m1/s1. The van der Waals surface area contributed by atoms with E-state index < -0.39 is 0 Å². The van der Waals surface area contributed by atoms with Crippen molar-refractivity contribution in [2.24, 2.45) is 11.8 Å². The van der Waals surface area contributed by atoms with Crippen LogP contribution in [-0.4, -0.2) is 6.54 Å². The summed E-state index contributed by atoms with van der Waals surface area (Å²) in [6, 6.07) is 0. The van der Waals surface area contributed by atoms with Crippen LogP contribution in [-0.2, 0) is 0 Å². The number of rotatable bonds is 1. The first-order valence-corrected chi connectivity index (χ1v) is 4.12. The van der Waals surface area contributed by atoms with Crippen molar-refractivity contribution in [3.8, 4) is 0 Å². The van der Waals surface area contributed by atoms with Gasteiger partial charge in [0.2, 0.25) is 0 Å². The molecule has 0 aromatic rings. The van der Waals surface area contributed by atoms with E-state index in [0.29, 0.717) is 0 Å². The van der Waals surface area contributed by atoms with E-state index in [1.807, 2.05) is 0 Å². The van der Waals surface area contributed by atoms with Crippen LogP contribution in [0.5, 0.6) is 0 Å². The minimum absolute atomic E-state index is 0.818. The Bertz CT molecular complexity index is 127. The lowest BCUT2D eigenvalue weighted by Crippen LogP contribution is -2.27. The first-order valence-electron chi connectivity index (χ1n) is 4.12. The van der Waals surface area contributed by atoms with Crippen molar-refractivity contribution in [1.29, 1.82) is 0 Å². The van der Waals surface area contributed by atoms with E-state index in [2.05, 4.69) is 25.7 Å². The van der Waals surface area contributed by atoms with Gasteiger partial charge in [-0.25, -0.2) is 0 Å². The van der Waals surface area contributed by atoms with Gasteiger partial charge in [0.15, 0.2) is 0 Å². The molecule has 0 saturated carbocycles. The van der Waals surface area contributed by atoms with Crippen molar-refractivity contribution in [2.75, 3.05) is 6.54 Å². The number of nitrogens with one attached hydrogen (secondary N) is 1. The van der Waals surface area contributed by atoms with Crippen LogP contribution in [0, 0.1) is 11.8 Å². The van der Waals surface area contributed by atoms with Crippen LogP contribution >= 0.6 is 0 Å². The van der Waals surface area contributed by atoms with Gasteiger partial charge >= 0.3 is 0 Å². The molecule has 0 spiro atoms. The Kier molecular flexibility index (Phi) is 2.36. The molecule has 1 nitrogen and oxygen atoms in total. The van der Waals surface area contributed by atoms with Crippen molar-refractivity contribution in [1.82, 2.24) is 5.32 Å². The summed E-state index contributed by atoms with van der Waals surface area (Å²) in [7, 11) is 0. The van der Waals surface area contributed by atoms with Crippen LogP contribution in [0.15, 0.2) is 12.3 Å². The summed E-state index contributed by atoms with van der Waals surface area (Å²) < 4.78 is 0. The van der Waals surface area contributed by atoms with E-state index in [0.717, 1.165) is 18.4 Å². The molecule has 1 heteroatoms. The maximum Gasteiger partial charge on any atom is 0.0146 e. The molecule has 0 aromatic heterocycles. The van der Waals surface area contributed by atoms with Gasteiger partial charge in [0.25, 0.3) is 0 Å². The lowest BCUT2D eigenvalue weighted by molar-refractivity contribution is 0.321. The predicted octanol–water partition coefficient (Wildman–Crippen LogP) is 2.16.